The Morgan fingerprint density at radius 2 is 0.907 bits per heavy atom. The van der Waals surface area contributed by atoms with Crippen molar-refractivity contribution in [1.29, 1.82) is 0 Å². The van der Waals surface area contributed by atoms with Crippen LogP contribution in [0.1, 0.15) is 213 Å². The molecule has 0 aromatic rings. The normalized spacial score (nSPS) is 13.9. The van der Waals surface area contributed by atoms with Gasteiger partial charge >= 0.3 is 19.8 Å². The molecule has 0 spiro atoms. The molecule has 0 bridgehead atoms. The van der Waals surface area contributed by atoms with E-state index in [0.29, 0.717) is 12.8 Å². The van der Waals surface area contributed by atoms with Gasteiger partial charge in [0.25, 0.3) is 0 Å². The van der Waals surface area contributed by atoms with Crippen molar-refractivity contribution in [3.63, 3.8) is 0 Å². The number of esters is 2. The molecule has 0 radical (unpaired) electrons. The van der Waals surface area contributed by atoms with Crippen molar-refractivity contribution >= 4 is 19.8 Å². The van der Waals surface area contributed by atoms with Crippen molar-refractivity contribution in [1.82, 2.24) is 0 Å². The van der Waals surface area contributed by atoms with Gasteiger partial charge < -0.3 is 24.6 Å². The number of unbranched alkanes of at least 4 members (excludes halogenated alkanes) is 26. The fourth-order valence-corrected chi connectivity index (χ4v) is 7.01. The number of hydrogen-bond acceptors (Lipinski definition) is 9. The van der Waals surface area contributed by atoms with Crippen molar-refractivity contribution in [2.24, 2.45) is 0 Å². The van der Waals surface area contributed by atoms with E-state index in [-0.39, 0.29) is 19.4 Å². The zero-order valence-electron chi connectivity index (χ0n) is 34.7. The average molecular weight is 791 g/mol. The van der Waals surface area contributed by atoms with Crippen LogP contribution in [-0.2, 0) is 32.7 Å². The second-order valence-corrected chi connectivity index (χ2v) is 16.5. The van der Waals surface area contributed by atoms with Crippen LogP contribution in [0.4, 0.5) is 0 Å². The predicted octanol–water partition coefficient (Wildman–Crippen LogP) is 11.6. The largest absolute Gasteiger partial charge is 0.472 e. The Labute approximate surface area is 330 Å². The predicted molar refractivity (Wildman–Crippen MR) is 219 cm³/mol. The monoisotopic (exact) mass is 791 g/mol. The minimum atomic E-state index is -4.61. The van der Waals surface area contributed by atoms with E-state index in [4.69, 9.17) is 23.6 Å². The molecule has 1 unspecified atom stereocenters. The van der Waals surface area contributed by atoms with Gasteiger partial charge in [-0.2, -0.15) is 0 Å². The topological polar surface area (TPSA) is 149 Å². The third-order valence-electron chi connectivity index (χ3n) is 9.67. The van der Waals surface area contributed by atoms with Gasteiger partial charge in [0.2, 0.25) is 0 Å². The molecule has 0 aliphatic rings. The van der Waals surface area contributed by atoms with Gasteiger partial charge in [-0.25, -0.2) is 4.57 Å². The highest BCUT2D eigenvalue weighted by atomic mass is 31.2. The zero-order valence-corrected chi connectivity index (χ0v) is 35.6. The number of rotatable bonds is 42. The van der Waals surface area contributed by atoms with Gasteiger partial charge in [0.1, 0.15) is 12.7 Å². The van der Waals surface area contributed by atoms with E-state index < -0.39 is 51.8 Å². The summed E-state index contributed by atoms with van der Waals surface area (Å²) >= 11 is 0. The molecule has 3 N–H and O–H groups in total. The Bertz CT molecular complexity index is 915. The first-order chi connectivity index (χ1) is 26.2. The molecular formula is C43H83O10P. The third-order valence-corrected chi connectivity index (χ3v) is 10.6. The van der Waals surface area contributed by atoms with Crippen LogP contribution in [0, 0.1) is 0 Å². The van der Waals surface area contributed by atoms with Crippen LogP contribution in [0.2, 0.25) is 0 Å². The number of ether oxygens (including phenoxy) is 2. The SMILES string of the molecule is CCCCCCCC/C=C/CCCCCCCCCC(=O)O[C@H](COC(=O)CCCCCCCCCCCCCCCC)COP(=O)(O)OC[C@@H](O)CO. The molecule has 0 saturated carbocycles. The van der Waals surface area contributed by atoms with E-state index in [1.807, 2.05) is 0 Å². The van der Waals surface area contributed by atoms with Crippen LogP contribution in [0.25, 0.3) is 0 Å². The molecule has 0 saturated heterocycles. The number of carbonyl (C=O) groups is 2. The van der Waals surface area contributed by atoms with Crippen molar-refractivity contribution in [3.8, 4) is 0 Å². The lowest BCUT2D eigenvalue weighted by atomic mass is 10.0. The van der Waals surface area contributed by atoms with Crippen LogP contribution in [0.3, 0.4) is 0 Å². The summed E-state index contributed by atoms with van der Waals surface area (Å²) in [5.74, 6) is -0.919. The third kappa shape index (κ3) is 39.0. The summed E-state index contributed by atoms with van der Waals surface area (Å²) in [4.78, 5) is 35.0. The Morgan fingerprint density at radius 3 is 1.33 bits per heavy atom. The summed E-state index contributed by atoms with van der Waals surface area (Å²) in [5.41, 5.74) is 0. The van der Waals surface area contributed by atoms with E-state index in [9.17, 15) is 24.2 Å². The standard InChI is InChI=1S/C43H83O10P/c1-3-5-7-9-11-13-15-17-19-20-21-23-25-27-29-31-33-35-43(47)53-41(39-52-54(48,49)51-37-40(45)36-44)38-50-42(46)34-32-30-28-26-24-22-18-16-14-12-10-8-6-4-2/h17,19,40-41,44-45H,3-16,18,20-39H2,1-2H3,(H,48,49)/b19-17+/t40-,41+/m0/s1. The maximum Gasteiger partial charge on any atom is 0.472 e. The van der Waals surface area contributed by atoms with Crippen LogP contribution in [0.5, 0.6) is 0 Å². The van der Waals surface area contributed by atoms with Gasteiger partial charge in [-0.1, -0.05) is 174 Å². The lowest BCUT2D eigenvalue weighted by Crippen LogP contribution is -2.29. The highest BCUT2D eigenvalue weighted by molar-refractivity contribution is 7.47. The first-order valence-corrected chi connectivity index (χ1v) is 23.6. The van der Waals surface area contributed by atoms with Gasteiger partial charge in [-0.05, 0) is 38.5 Å². The fraction of sp³-hybridized carbons (Fsp3) is 0.907. The number of aliphatic hydroxyl groups excluding tert-OH is 2. The van der Waals surface area contributed by atoms with Crippen molar-refractivity contribution in [3.05, 3.63) is 12.2 Å². The molecule has 0 aromatic heterocycles. The molecule has 3 atom stereocenters. The van der Waals surface area contributed by atoms with Gasteiger partial charge in [-0.3, -0.25) is 18.6 Å². The van der Waals surface area contributed by atoms with E-state index >= 15 is 0 Å². The number of carbonyl (C=O) groups excluding carboxylic acids is 2. The Balaban J connectivity index is 4.26. The number of aliphatic hydroxyl groups is 2. The zero-order chi connectivity index (χ0) is 39.8. The molecule has 320 valence electrons. The molecule has 0 aliphatic carbocycles. The first kappa shape index (κ1) is 52.7. The van der Waals surface area contributed by atoms with E-state index in [1.165, 1.54) is 128 Å². The van der Waals surface area contributed by atoms with Crippen LogP contribution in [-0.4, -0.2) is 65.7 Å². The van der Waals surface area contributed by atoms with E-state index in [1.54, 1.807) is 0 Å². The molecule has 10 nitrogen and oxygen atoms in total. The molecular weight excluding hydrogens is 707 g/mol. The molecule has 0 aliphatic heterocycles. The highest BCUT2D eigenvalue weighted by Crippen LogP contribution is 2.43. The average Bonchev–Trinajstić information content (AvgIpc) is 3.16. The number of allylic oxidation sites excluding steroid dienone is 2. The smallest absolute Gasteiger partial charge is 0.462 e. The fourth-order valence-electron chi connectivity index (χ4n) is 6.22. The van der Waals surface area contributed by atoms with Gasteiger partial charge in [0, 0.05) is 12.8 Å². The lowest BCUT2D eigenvalue weighted by Gasteiger charge is -2.20. The molecule has 11 heteroatoms. The van der Waals surface area contributed by atoms with Crippen LogP contribution >= 0.6 is 7.82 Å². The van der Waals surface area contributed by atoms with Gasteiger partial charge in [0.15, 0.2) is 6.10 Å². The summed E-state index contributed by atoms with van der Waals surface area (Å²) in [6.45, 7) is 2.40. The van der Waals surface area contributed by atoms with E-state index in [2.05, 4.69) is 26.0 Å². The second kappa shape index (κ2) is 39.9. The van der Waals surface area contributed by atoms with E-state index in [0.717, 1.165) is 44.9 Å². The minimum Gasteiger partial charge on any atom is -0.462 e. The summed E-state index contributed by atoms with van der Waals surface area (Å²) in [5, 5.41) is 18.3. The molecule has 0 rings (SSSR count). The summed E-state index contributed by atoms with van der Waals surface area (Å²) in [6.07, 6.45) is 37.4. The molecule has 0 aromatic carbocycles. The number of phosphoric acid groups is 1. The lowest BCUT2D eigenvalue weighted by molar-refractivity contribution is -0.161. The maximum absolute atomic E-state index is 12.6. The Hall–Kier alpha value is -1.29. The second-order valence-electron chi connectivity index (χ2n) is 15.1. The van der Waals surface area contributed by atoms with Crippen molar-refractivity contribution in [2.45, 2.75) is 225 Å². The quantitative estimate of drug-likeness (QED) is 0.0236. The maximum atomic E-state index is 12.6. The van der Waals surface area contributed by atoms with Crippen LogP contribution in [0.15, 0.2) is 12.2 Å². The van der Waals surface area contributed by atoms with Gasteiger partial charge in [-0.15, -0.1) is 0 Å². The van der Waals surface area contributed by atoms with Gasteiger partial charge in [0.05, 0.1) is 19.8 Å². The molecule has 0 amide bonds. The highest BCUT2D eigenvalue weighted by Gasteiger charge is 2.27. The Kier molecular flexibility index (Phi) is 39.0. The van der Waals surface area contributed by atoms with Crippen LogP contribution < -0.4 is 0 Å². The van der Waals surface area contributed by atoms with Crippen molar-refractivity contribution < 1.29 is 47.8 Å². The summed E-state index contributed by atoms with van der Waals surface area (Å²) in [6, 6.07) is 0. The number of phosphoric ester groups is 1. The number of hydrogen-bond donors (Lipinski definition) is 3. The summed E-state index contributed by atoms with van der Waals surface area (Å²) in [7, 11) is -4.61. The first-order valence-electron chi connectivity index (χ1n) is 22.1. The Morgan fingerprint density at radius 1 is 0.537 bits per heavy atom. The molecule has 0 fully saturated rings. The molecule has 54 heavy (non-hydrogen) atoms. The summed E-state index contributed by atoms with van der Waals surface area (Å²) < 4.78 is 32.7. The molecule has 0 heterocycles. The minimum absolute atomic E-state index is 0.183. The van der Waals surface area contributed by atoms with Crippen molar-refractivity contribution in [2.75, 3.05) is 26.4 Å².